The summed E-state index contributed by atoms with van der Waals surface area (Å²) in [5.41, 5.74) is 7.78. The summed E-state index contributed by atoms with van der Waals surface area (Å²) in [6.07, 6.45) is 3.42. The van der Waals surface area contributed by atoms with Crippen LogP contribution in [0.15, 0.2) is 42.7 Å². The zero-order valence-corrected chi connectivity index (χ0v) is 9.87. The molecular formula is C13H13N3O2. The summed E-state index contributed by atoms with van der Waals surface area (Å²) >= 11 is 0. The Hall–Kier alpha value is -2.56. The van der Waals surface area contributed by atoms with E-state index in [1.807, 2.05) is 24.1 Å². The molecule has 92 valence electrons. The molecule has 2 aromatic rings. The number of carboxylic acids is 1. The molecule has 0 fully saturated rings. The van der Waals surface area contributed by atoms with Gasteiger partial charge in [-0.1, -0.05) is 0 Å². The number of aromatic nitrogens is 1. The highest BCUT2D eigenvalue weighted by molar-refractivity contribution is 5.94. The molecule has 3 N–H and O–H groups in total. The van der Waals surface area contributed by atoms with Crippen LogP contribution < -0.4 is 10.6 Å². The molecule has 1 aromatic carbocycles. The maximum Gasteiger partial charge on any atom is 0.337 e. The molecular weight excluding hydrogens is 230 g/mol. The van der Waals surface area contributed by atoms with Gasteiger partial charge in [-0.15, -0.1) is 0 Å². The van der Waals surface area contributed by atoms with Crippen LogP contribution in [0.25, 0.3) is 0 Å². The fourth-order valence-electron chi connectivity index (χ4n) is 1.65. The molecule has 0 radical (unpaired) electrons. The van der Waals surface area contributed by atoms with Gasteiger partial charge < -0.3 is 15.7 Å². The first-order chi connectivity index (χ1) is 8.59. The predicted molar refractivity (Wildman–Crippen MR) is 70.1 cm³/mol. The Morgan fingerprint density at radius 1 is 1.33 bits per heavy atom. The Morgan fingerprint density at radius 3 is 2.67 bits per heavy atom. The number of hydrogen-bond acceptors (Lipinski definition) is 4. The molecule has 0 aliphatic heterocycles. The summed E-state index contributed by atoms with van der Waals surface area (Å²) < 4.78 is 0. The van der Waals surface area contributed by atoms with E-state index in [1.165, 1.54) is 6.07 Å². The molecule has 0 amide bonds. The van der Waals surface area contributed by atoms with Crippen molar-refractivity contribution in [1.82, 2.24) is 4.98 Å². The first-order valence-corrected chi connectivity index (χ1v) is 5.36. The van der Waals surface area contributed by atoms with E-state index in [-0.39, 0.29) is 11.3 Å². The second-order valence-corrected chi connectivity index (χ2v) is 3.85. The maximum atomic E-state index is 10.9. The minimum Gasteiger partial charge on any atom is -0.478 e. The highest BCUT2D eigenvalue weighted by Gasteiger charge is 2.10. The summed E-state index contributed by atoms with van der Waals surface area (Å²) in [4.78, 5) is 16.8. The molecule has 0 spiro atoms. The van der Waals surface area contributed by atoms with Gasteiger partial charge in [0, 0.05) is 24.6 Å². The first-order valence-electron chi connectivity index (χ1n) is 5.36. The van der Waals surface area contributed by atoms with Gasteiger partial charge in [0.1, 0.15) is 0 Å². The highest BCUT2D eigenvalue weighted by Crippen LogP contribution is 2.26. The van der Waals surface area contributed by atoms with Gasteiger partial charge in [-0.3, -0.25) is 4.98 Å². The van der Waals surface area contributed by atoms with Crippen LogP contribution in [0.1, 0.15) is 10.4 Å². The number of nitrogens with two attached hydrogens (primary N) is 1. The number of carbonyl (C=O) groups is 1. The van der Waals surface area contributed by atoms with E-state index in [1.54, 1.807) is 24.5 Å². The number of rotatable bonds is 3. The Balaban J connectivity index is 2.35. The van der Waals surface area contributed by atoms with Crippen molar-refractivity contribution in [3.63, 3.8) is 0 Å². The number of aromatic carboxylic acids is 1. The Morgan fingerprint density at radius 2 is 2.11 bits per heavy atom. The molecule has 0 saturated heterocycles. The van der Waals surface area contributed by atoms with Gasteiger partial charge >= 0.3 is 5.97 Å². The van der Waals surface area contributed by atoms with Gasteiger partial charge in [0.15, 0.2) is 0 Å². The van der Waals surface area contributed by atoms with Crippen LogP contribution in [0, 0.1) is 0 Å². The van der Waals surface area contributed by atoms with Crippen LogP contribution in [-0.4, -0.2) is 23.1 Å². The van der Waals surface area contributed by atoms with Crippen LogP contribution in [0.2, 0.25) is 0 Å². The van der Waals surface area contributed by atoms with Crippen molar-refractivity contribution >= 4 is 23.0 Å². The fraction of sp³-hybridized carbons (Fsp3) is 0.0769. The lowest BCUT2D eigenvalue weighted by Gasteiger charge is -2.19. The van der Waals surface area contributed by atoms with E-state index in [9.17, 15) is 4.79 Å². The monoisotopic (exact) mass is 243 g/mol. The topological polar surface area (TPSA) is 79.5 Å². The van der Waals surface area contributed by atoms with Gasteiger partial charge in [-0.05, 0) is 30.3 Å². The lowest BCUT2D eigenvalue weighted by Crippen LogP contribution is -2.11. The summed E-state index contributed by atoms with van der Waals surface area (Å²) in [5, 5.41) is 8.91. The zero-order chi connectivity index (χ0) is 13.1. The third kappa shape index (κ3) is 2.24. The third-order valence-corrected chi connectivity index (χ3v) is 2.69. The zero-order valence-electron chi connectivity index (χ0n) is 9.87. The Kier molecular flexibility index (Phi) is 3.14. The SMILES string of the molecule is CN(c1cccnc1)c1ccc(C(=O)O)c(N)c1. The minimum atomic E-state index is -1.02. The van der Waals surface area contributed by atoms with E-state index in [2.05, 4.69) is 4.98 Å². The van der Waals surface area contributed by atoms with Gasteiger partial charge in [-0.25, -0.2) is 4.79 Å². The number of carboxylic acid groups (broad SMARTS) is 1. The van der Waals surface area contributed by atoms with Crippen molar-refractivity contribution in [3.05, 3.63) is 48.3 Å². The van der Waals surface area contributed by atoms with E-state index in [0.29, 0.717) is 0 Å². The number of benzene rings is 1. The lowest BCUT2D eigenvalue weighted by atomic mass is 10.1. The predicted octanol–water partition coefficient (Wildman–Crippen LogP) is 2.13. The van der Waals surface area contributed by atoms with Crippen LogP contribution in [0.3, 0.4) is 0 Å². The largest absolute Gasteiger partial charge is 0.478 e. The number of anilines is 3. The van der Waals surface area contributed by atoms with Gasteiger partial charge in [-0.2, -0.15) is 0 Å². The average Bonchev–Trinajstić information content (AvgIpc) is 2.38. The summed E-state index contributed by atoms with van der Waals surface area (Å²) in [6.45, 7) is 0. The van der Waals surface area contributed by atoms with Crippen molar-refractivity contribution in [1.29, 1.82) is 0 Å². The lowest BCUT2D eigenvalue weighted by molar-refractivity contribution is 0.0698. The standard InChI is InChI=1S/C13H13N3O2/c1-16(10-3-2-6-15-8-10)9-4-5-11(13(17)18)12(14)7-9/h2-8H,14H2,1H3,(H,17,18). The van der Waals surface area contributed by atoms with Crippen LogP contribution in [0.4, 0.5) is 17.1 Å². The summed E-state index contributed by atoms with van der Waals surface area (Å²) in [6, 6.07) is 8.60. The fourth-order valence-corrected chi connectivity index (χ4v) is 1.65. The number of hydrogen-bond donors (Lipinski definition) is 2. The van der Waals surface area contributed by atoms with Gasteiger partial charge in [0.05, 0.1) is 17.4 Å². The molecule has 5 heteroatoms. The van der Waals surface area contributed by atoms with Crippen molar-refractivity contribution in [3.8, 4) is 0 Å². The molecule has 0 bridgehead atoms. The van der Waals surface area contributed by atoms with Crippen molar-refractivity contribution in [2.45, 2.75) is 0 Å². The molecule has 0 aliphatic carbocycles. The number of nitrogens with zero attached hydrogens (tertiary/aromatic N) is 2. The molecule has 0 atom stereocenters. The number of pyridine rings is 1. The third-order valence-electron chi connectivity index (χ3n) is 2.69. The van der Waals surface area contributed by atoms with E-state index < -0.39 is 5.97 Å². The Labute approximate surface area is 104 Å². The van der Waals surface area contributed by atoms with Crippen LogP contribution in [-0.2, 0) is 0 Å². The van der Waals surface area contributed by atoms with E-state index >= 15 is 0 Å². The molecule has 1 aromatic heterocycles. The maximum absolute atomic E-state index is 10.9. The minimum absolute atomic E-state index is 0.110. The normalized spacial score (nSPS) is 10.1. The first kappa shape index (κ1) is 11.9. The average molecular weight is 243 g/mol. The van der Waals surface area contributed by atoms with Crippen molar-refractivity contribution < 1.29 is 9.90 Å². The molecule has 1 heterocycles. The quantitative estimate of drug-likeness (QED) is 0.807. The van der Waals surface area contributed by atoms with Gasteiger partial charge in [0.2, 0.25) is 0 Å². The smallest absolute Gasteiger partial charge is 0.337 e. The van der Waals surface area contributed by atoms with E-state index in [4.69, 9.17) is 10.8 Å². The molecule has 2 rings (SSSR count). The van der Waals surface area contributed by atoms with Crippen molar-refractivity contribution in [2.24, 2.45) is 0 Å². The van der Waals surface area contributed by atoms with Crippen LogP contribution >= 0.6 is 0 Å². The van der Waals surface area contributed by atoms with Crippen molar-refractivity contribution in [2.75, 3.05) is 17.7 Å². The second kappa shape index (κ2) is 4.75. The van der Waals surface area contributed by atoms with E-state index in [0.717, 1.165) is 11.4 Å². The molecule has 0 aliphatic rings. The second-order valence-electron chi connectivity index (χ2n) is 3.85. The molecule has 5 nitrogen and oxygen atoms in total. The summed E-state index contributed by atoms with van der Waals surface area (Å²) in [5.74, 6) is -1.02. The molecule has 0 unspecified atom stereocenters. The molecule has 0 saturated carbocycles. The van der Waals surface area contributed by atoms with Gasteiger partial charge in [0.25, 0.3) is 0 Å². The number of nitrogen functional groups attached to an aromatic ring is 1. The van der Waals surface area contributed by atoms with Crippen LogP contribution in [0.5, 0.6) is 0 Å². The molecule has 18 heavy (non-hydrogen) atoms. The summed E-state index contributed by atoms with van der Waals surface area (Å²) in [7, 11) is 1.87. The Bertz CT molecular complexity index is 570. The highest BCUT2D eigenvalue weighted by atomic mass is 16.4.